The van der Waals surface area contributed by atoms with Crippen LogP contribution in [0.15, 0.2) is 48.8 Å². The molecule has 2 aromatic carbocycles. The zero-order valence-electron chi connectivity index (χ0n) is 14.4. The predicted molar refractivity (Wildman–Crippen MR) is 98.1 cm³/mol. The summed E-state index contributed by atoms with van der Waals surface area (Å²) in [6, 6.07) is 12.7. The van der Waals surface area contributed by atoms with Gasteiger partial charge >= 0.3 is 0 Å². The maximum Gasteiger partial charge on any atom is 0.258 e. The number of hydrogen-bond acceptors (Lipinski definition) is 4. The van der Waals surface area contributed by atoms with E-state index in [1.54, 1.807) is 24.5 Å². The third-order valence-corrected chi connectivity index (χ3v) is 3.81. The second-order valence-corrected chi connectivity index (χ2v) is 5.84. The standard InChI is InChI=1S/C19H20N4O3/c1-13-2-5-15(6-3-13)26-11-18(24)20-8-9-21-19(25)14-4-7-16-17(10-14)23-12-22-16/h2-7,10,12H,8-9,11H2,1H3,(H,20,24)(H,21,25)(H,22,23). The van der Waals surface area contributed by atoms with E-state index in [2.05, 4.69) is 20.6 Å². The molecule has 0 aliphatic rings. The van der Waals surface area contributed by atoms with Crippen molar-refractivity contribution in [3.05, 3.63) is 59.9 Å². The van der Waals surface area contributed by atoms with Crippen LogP contribution in [-0.4, -0.2) is 41.5 Å². The molecule has 0 radical (unpaired) electrons. The number of carbonyl (C=O) groups excluding carboxylic acids is 2. The number of benzene rings is 2. The fourth-order valence-corrected chi connectivity index (χ4v) is 2.39. The fourth-order valence-electron chi connectivity index (χ4n) is 2.39. The summed E-state index contributed by atoms with van der Waals surface area (Å²) in [4.78, 5) is 30.9. The van der Waals surface area contributed by atoms with Crippen molar-refractivity contribution in [2.45, 2.75) is 6.92 Å². The van der Waals surface area contributed by atoms with Gasteiger partial charge in [0.25, 0.3) is 11.8 Å². The van der Waals surface area contributed by atoms with Crippen molar-refractivity contribution in [1.82, 2.24) is 20.6 Å². The number of amides is 2. The fraction of sp³-hybridized carbons (Fsp3) is 0.211. The normalized spacial score (nSPS) is 10.5. The van der Waals surface area contributed by atoms with Crippen LogP contribution in [0.3, 0.4) is 0 Å². The molecule has 1 aromatic heterocycles. The van der Waals surface area contributed by atoms with Gasteiger partial charge in [0.2, 0.25) is 0 Å². The highest BCUT2D eigenvalue weighted by Gasteiger charge is 2.07. The smallest absolute Gasteiger partial charge is 0.258 e. The van der Waals surface area contributed by atoms with E-state index in [9.17, 15) is 9.59 Å². The van der Waals surface area contributed by atoms with E-state index in [-0.39, 0.29) is 18.4 Å². The molecular formula is C19H20N4O3. The number of carbonyl (C=O) groups is 2. The number of ether oxygens (including phenoxy) is 1. The number of nitrogens with zero attached hydrogens (tertiary/aromatic N) is 1. The largest absolute Gasteiger partial charge is 0.484 e. The number of fused-ring (bicyclic) bond motifs is 1. The zero-order valence-corrected chi connectivity index (χ0v) is 14.4. The molecule has 0 spiro atoms. The number of rotatable bonds is 7. The van der Waals surface area contributed by atoms with E-state index >= 15 is 0 Å². The lowest BCUT2D eigenvalue weighted by atomic mass is 10.2. The van der Waals surface area contributed by atoms with Gasteiger partial charge < -0.3 is 20.4 Å². The maximum absolute atomic E-state index is 12.1. The summed E-state index contributed by atoms with van der Waals surface area (Å²) in [5.74, 6) is 0.207. The Kier molecular flexibility index (Phi) is 5.48. The first-order valence-corrected chi connectivity index (χ1v) is 8.29. The van der Waals surface area contributed by atoms with Gasteiger partial charge in [0.05, 0.1) is 17.4 Å². The van der Waals surface area contributed by atoms with Gasteiger partial charge in [0.15, 0.2) is 6.61 Å². The van der Waals surface area contributed by atoms with Crippen LogP contribution in [-0.2, 0) is 4.79 Å². The second kappa shape index (κ2) is 8.15. The molecule has 0 saturated heterocycles. The number of hydrogen-bond donors (Lipinski definition) is 3. The Morgan fingerprint density at radius 3 is 2.65 bits per heavy atom. The van der Waals surface area contributed by atoms with Crippen molar-refractivity contribution in [3.63, 3.8) is 0 Å². The number of H-pyrrole nitrogens is 1. The highest BCUT2D eigenvalue weighted by molar-refractivity contribution is 5.97. The Morgan fingerprint density at radius 2 is 1.85 bits per heavy atom. The van der Waals surface area contributed by atoms with E-state index < -0.39 is 0 Å². The van der Waals surface area contributed by atoms with Gasteiger partial charge in [0.1, 0.15) is 5.75 Å². The Labute approximate surface area is 150 Å². The molecule has 0 bridgehead atoms. The van der Waals surface area contributed by atoms with Gasteiger partial charge in [-0.3, -0.25) is 9.59 Å². The first-order chi connectivity index (χ1) is 12.6. The number of aromatic nitrogens is 2. The molecule has 7 heteroatoms. The lowest BCUT2D eigenvalue weighted by Crippen LogP contribution is -2.36. The summed E-state index contributed by atoms with van der Waals surface area (Å²) in [5.41, 5.74) is 3.28. The molecule has 0 aliphatic heterocycles. The third kappa shape index (κ3) is 4.60. The molecule has 0 saturated carbocycles. The third-order valence-electron chi connectivity index (χ3n) is 3.81. The van der Waals surface area contributed by atoms with Crippen molar-refractivity contribution in [3.8, 4) is 5.75 Å². The summed E-state index contributed by atoms with van der Waals surface area (Å²) in [7, 11) is 0. The Bertz CT molecular complexity index is 903. The topological polar surface area (TPSA) is 96.1 Å². The van der Waals surface area contributed by atoms with Crippen LogP contribution in [0.5, 0.6) is 5.75 Å². The van der Waals surface area contributed by atoms with E-state index in [4.69, 9.17) is 4.74 Å². The van der Waals surface area contributed by atoms with Crippen LogP contribution in [0.4, 0.5) is 0 Å². The molecule has 3 aromatic rings. The molecule has 0 unspecified atom stereocenters. The van der Waals surface area contributed by atoms with E-state index in [0.29, 0.717) is 24.4 Å². The molecule has 0 fully saturated rings. The predicted octanol–water partition coefficient (Wildman–Crippen LogP) is 1.80. The molecule has 0 aliphatic carbocycles. The minimum absolute atomic E-state index is 0.0620. The molecule has 3 rings (SSSR count). The molecule has 0 atom stereocenters. The summed E-state index contributed by atoms with van der Waals surface area (Å²) >= 11 is 0. The second-order valence-electron chi connectivity index (χ2n) is 5.84. The van der Waals surface area contributed by atoms with Gasteiger partial charge in [-0.2, -0.15) is 0 Å². The molecule has 26 heavy (non-hydrogen) atoms. The zero-order chi connectivity index (χ0) is 18.4. The Morgan fingerprint density at radius 1 is 1.08 bits per heavy atom. The molecule has 2 amide bonds. The van der Waals surface area contributed by atoms with Gasteiger partial charge in [0, 0.05) is 18.7 Å². The van der Waals surface area contributed by atoms with Gasteiger partial charge in [-0.1, -0.05) is 17.7 Å². The molecule has 134 valence electrons. The average Bonchev–Trinajstić information content (AvgIpc) is 3.12. The molecule has 1 heterocycles. The van der Waals surface area contributed by atoms with Crippen LogP contribution < -0.4 is 15.4 Å². The van der Waals surface area contributed by atoms with Crippen LogP contribution in [0.1, 0.15) is 15.9 Å². The minimum atomic E-state index is -0.237. The van der Waals surface area contributed by atoms with E-state index in [1.165, 1.54) is 0 Å². The quantitative estimate of drug-likeness (QED) is 0.565. The summed E-state index contributed by atoms with van der Waals surface area (Å²) in [6.45, 7) is 2.58. The number of imidazole rings is 1. The maximum atomic E-state index is 12.1. The highest BCUT2D eigenvalue weighted by atomic mass is 16.5. The van der Waals surface area contributed by atoms with Gasteiger partial charge in [-0.05, 0) is 37.3 Å². The lowest BCUT2D eigenvalue weighted by Gasteiger charge is -2.09. The van der Waals surface area contributed by atoms with Crippen LogP contribution in [0, 0.1) is 6.92 Å². The van der Waals surface area contributed by atoms with Crippen molar-refractivity contribution >= 4 is 22.8 Å². The van der Waals surface area contributed by atoms with Gasteiger partial charge in [-0.25, -0.2) is 4.98 Å². The number of aryl methyl sites for hydroxylation is 1. The monoisotopic (exact) mass is 352 g/mol. The summed E-state index contributed by atoms with van der Waals surface area (Å²) in [5, 5.41) is 5.46. The molecule has 3 N–H and O–H groups in total. The van der Waals surface area contributed by atoms with Crippen LogP contribution in [0.2, 0.25) is 0 Å². The highest BCUT2D eigenvalue weighted by Crippen LogP contribution is 2.12. The SMILES string of the molecule is Cc1ccc(OCC(=O)NCCNC(=O)c2ccc3nc[nH]c3c2)cc1. The van der Waals surface area contributed by atoms with Gasteiger partial charge in [-0.15, -0.1) is 0 Å². The first-order valence-electron chi connectivity index (χ1n) is 8.29. The number of aromatic amines is 1. The Hall–Kier alpha value is -3.35. The number of nitrogens with one attached hydrogen (secondary N) is 3. The van der Waals surface area contributed by atoms with Crippen molar-refractivity contribution in [2.75, 3.05) is 19.7 Å². The molecular weight excluding hydrogens is 332 g/mol. The average molecular weight is 352 g/mol. The Balaban J connectivity index is 1.37. The lowest BCUT2D eigenvalue weighted by molar-refractivity contribution is -0.123. The van der Waals surface area contributed by atoms with Crippen LogP contribution in [0.25, 0.3) is 11.0 Å². The van der Waals surface area contributed by atoms with E-state index in [1.807, 2.05) is 31.2 Å². The minimum Gasteiger partial charge on any atom is -0.484 e. The molecule has 7 nitrogen and oxygen atoms in total. The van der Waals surface area contributed by atoms with Crippen molar-refractivity contribution < 1.29 is 14.3 Å². The summed E-state index contributed by atoms with van der Waals surface area (Å²) in [6.07, 6.45) is 1.58. The van der Waals surface area contributed by atoms with Crippen molar-refractivity contribution in [2.24, 2.45) is 0 Å². The summed E-state index contributed by atoms with van der Waals surface area (Å²) < 4.78 is 5.39. The van der Waals surface area contributed by atoms with Crippen molar-refractivity contribution in [1.29, 1.82) is 0 Å². The van der Waals surface area contributed by atoms with E-state index in [0.717, 1.165) is 16.6 Å². The first kappa shape index (κ1) is 17.5. The van der Waals surface area contributed by atoms with Crippen LogP contribution >= 0.6 is 0 Å².